The topological polar surface area (TPSA) is 56.2 Å². The van der Waals surface area contributed by atoms with Gasteiger partial charge in [0.05, 0.1) is 18.5 Å². The van der Waals surface area contributed by atoms with E-state index in [1.165, 1.54) is 5.56 Å². The lowest BCUT2D eigenvalue weighted by molar-refractivity contribution is 0.659. The van der Waals surface area contributed by atoms with E-state index in [4.69, 9.17) is 5.84 Å². The van der Waals surface area contributed by atoms with Gasteiger partial charge in [-0.05, 0) is 19.4 Å². The third kappa shape index (κ3) is 2.36. The van der Waals surface area contributed by atoms with Crippen LogP contribution in [0.15, 0.2) is 35.4 Å². The van der Waals surface area contributed by atoms with Gasteiger partial charge >= 0.3 is 0 Å². The average Bonchev–Trinajstić information content (AvgIpc) is 2.59. The highest BCUT2D eigenvalue weighted by atomic mass is 15.3. The van der Waals surface area contributed by atoms with Crippen molar-refractivity contribution in [1.82, 2.24) is 9.78 Å². The first-order valence-electron chi connectivity index (χ1n) is 5.53. The second-order valence-corrected chi connectivity index (χ2v) is 4.01. The summed E-state index contributed by atoms with van der Waals surface area (Å²) in [6.07, 6.45) is 1.65. The van der Waals surface area contributed by atoms with E-state index in [1.807, 2.05) is 36.7 Å². The van der Waals surface area contributed by atoms with Crippen molar-refractivity contribution >= 4 is 6.21 Å². The molecule has 0 spiro atoms. The highest BCUT2D eigenvalue weighted by Gasteiger charge is 2.09. The van der Waals surface area contributed by atoms with E-state index in [-0.39, 0.29) is 0 Å². The molecule has 2 aromatic rings. The second-order valence-electron chi connectivity index (χ2n) is 4.01. The van der Waals surface area contributed by atoms with Crippen molar-refractivity contribution in [2.24, 2.45) is 10.9 Å². The molecule has 0 aliphatic rings. The van der Waals surface area contributed by atoms with Crippen LogP contribution in [0.1, 0.15) is 22.5 Å². The number of aromatic nitrogens is 2. The minimum Gasteiger partial charge on any atom is -0.323 e. The maximum atomic E-state index is 5.19. The quantitative estimate of drug-likeness (QED) is 0.495. The van der Waals surface area contributed by atoms with Crippen molar-refractivity contribution in [3.63, 3.8) is 0 Å². The lowest BCUT2D eigenvalue weighted by Gasteiger charge is -2.04. The zero-order chi connectivity index (χ0) is 12.3. The predicted molar refractivity (Wildman–Crippen MR) is 69.0 cm³/mol. The molecule has 4 nitrogen and oxygen atoms in total. The molecular formula is C13H16N4. The summed E-state index contributed by atoms with van der Waals surface area (Å²) in [5, 5.41) is 8.06. The molecule has 0 radical (unpaired) electrons. The Labute approximate surface area is 101 Å². The van der Waals surface area contributed by atoms with Crippen LogP contribution in [0.5, 0.6) is 0 Å². The molecule has 88 valence electrons. The van der Waals surface area contributed by atoms with Crippen LogP contribution >= 0.6 is 0 Å². The summed E-state index contributed by atoms with van der Waals surface area (Å²) >= 11 is 0. The summed E-state index contributed by atoms with van der Waals surface area (Å²) < 4.78 is 1.97. The molecule has 0 atom stereocenters. The second kappa shape index (κ2) is 4.82. The van der Waals surface area contributed by atoms with Gasteiger partial charge in [0.15, 0.2) is 0 Å². The molecule has 0 aliphatic heterocycles. The molecule has 4 heteroatoms. The van der Waals surface area contributed by atoms with Crippen LogP contribution in [0.3, 0.4) is 0 Å². The predicted octanol–water partition coefficient (Wildman–Crippen LogP) is 1.84. The number of aryl methyl sites for hydroxylation is 1. The van der Waals surface area contributed by atoms with Gasteiger partial charge in [-0.3, -0.25) is 4.68 Å². The van der Waals surface area contributed by atoms with Gasteiger partial charge in [0, 0.05) is 11.3 Å². The largest absolute Gasteiger partial charge is 0.323 e. The third-order valence-electron chi connectivity index (χ3n) is 2.82. The van der Waals surface area contributed by atoms with Crippen molar-refractivity contribution in [3.8, 4) is 0 Å². The first-order valence-corrected chi connectivity index (χ1v) is 5.53. The zero-order valence-corrected chi connectivity index (χ0v) is 10.1. The molecule has 0 amide bonds. The van der Waals surface area contributed by atoms with Crippen molar-refractivity contribution in [3.05, 3.63) is 52.8 Å². The van der Waals surface area contributed by atoms with Crippen molar-refractivity contribution in [2.75, 3.05) is 0 Å². The number of nitrogens with zero attached hydrogens (tertiary/aromatic N) is 3. The first kappa shape index (κ1) is 11.4. The Bertz CT molecular complexity index is 526. The summed E-state index contributed by atoms with van der Waals surface area (Å²) in [6.45, 7) is 4.76. The summed E-state index contributed by atoms with van der Waals surface area (Å²) in [5.74, 6) is 5.19. The summed E-state index contributed by atoms with van der Waals surface area (Å²) in [6, 6.07) is 10.3. The van der Waals surface area contributed by atoms with E-state index < -0.39 is 0 Å². The van der Waals surface area contributed by atoms with Crippen LogP contribution in [0.2, 0.25) is 0 Å². The van der Waals surface area contributed by atoms with E-state index in [0.717, 1.165) is 23.5 Å². The minimum absolute atomic E-state index is 0.770. The van der Waals surface area contributed by atoms with Crippen LogP contribution in [0.25, 0.3) is 0 Å². The van der Waals surface area contributed by atoms with Crippen molar-refractivity contribution < 1.29 is 0 Å². The van der Waals surface area contributed by atoms with Crippen LogP contribution in [-0.2, 0) is 6.54 Å². The lowest BCUT2D eigenvalue weighted by atomic mass is 10.2. The number of hydrogen-bond acceptors (Lipinski definition) is 3. The molecule has 0 saturated carbocycles. The molecule has 0 saturated heterocycles. The van der Waals surface area contributed by atoms with Gasteiger partial charge in [0.2, 0.25) is 0 Å². The maximum Gasteiger partial charge on any atom is 0.0685 e. The molecule has 0 aliphatic carbocycles. The number of nitrogens with two attached hydrogens (primary N) is 1. The number of hydrazone groups is 1. The van der Waals surface area contributed by atoms with Gasteiger partial charge in [-0.15, -0.1) is 0 Å². The highest BCUT2D eigenvalue weighted by molar-refractivity contribution is 5.82. The maximum absolute atomic E-state index is 5.19. The normalized spacial score (nSPS) is 11.2. The third-order valence-corrected chi connectivity index (χ3v) is 2.82. The molecule has 17 heavy (non-hydrogen) atoms. The first-order chi connectivity index (χ1) is 8.22. The van der Waals surface area contributed by atoms with Gasteiger partial charge in [0.25, 0.3) is 0 Å². The van der Waals surface area contributed by atoms with E-state index in [0.29, 0.717) is 0 Å². The summed E-state index contributed by atoms with van der Waals surface area (Å²) in [5.41, 5.74) is 4.27. The Morgan fingerprint density at radius 1 is 1.29 bits per heavy atom. The molecule has 1 heterocycles. The number of benzene rings is 1. The monoisotopic (exact) mass is 228 g/mol. The molecule has 0 bridgehead atoms. The van der Waals surface area contributed by atoms with E-state index in [2.05, 4.69) is 22.3 Å². The average molecular weight is 228 g/mol. The van der Waals surface area contributed by atoms with Gasteiger partial charge in [-0.2, -0.15) is 10.2 Å². The van der Waals surface area contributed by atoms with Gasteiger partial charge in [0.1, 0.15) is 0 Å². The molecule has 0 fully saturated rings. The van der Waals surface area contributed by atoms with E-state index in [9.17, 15) is 0 Å². The van der Waals surface area contributed by atoms with Crippen LogP contribution in [0, 0.1) is 13.8 Å². The summed E-state index contributed by atoms with van der Waals surface area (Å²) in [4.78, 5) is 0. The van der Waals surface area contributed by atoms with Crippen molar-refractivity contribution in [2.45, 2.75) is 20.4 Å². The molecule has 1 aromatic carbocycles. The van der Waals surface area contributed by atoms with Crippen LogP contribution in [0.4, 0.5) is 0 Å². The molecule has 2 N–H and O–H groups in total. The Kier molecular flexibility index (Phi) is 3.23. The standard InChI is InChI=1S/C13H16N4/c1-10-13(8-15-14)11(2)17(16-10)9-12-6-4-3-5-7-12/h3-8H,9,14H2,1-2H3/b15-8-. The SMILES string of the molecule is Cc1nn(Cc2ccccc2)c(C)c1/C=N\N. The van der Waals surface area contributed by atoms with Crippen molar-refractivity contribution in [1.29, 1.82) is 0 Å². The highest BCUT2D eigenvalue weighted by Crippen LogP contribution is 2.12. The van der Waals surface area contributed by atoms with E-state index >= 15 is 0 Å². The smallest absolute Gasteiger partial charge is 0.0685 e. The summed E-state index contributed by atoms with van der Waals surface area (Å²) in [7, 11) is 0. The zero-order valence-electron chi connectivity index (χ0n) is 10.1. The Morgan fingerprint density at radius 3 is 2.65 bits per heavy atom. The number of rotatable bonds is 3. The van der Waals surface area contributed by atoms with Gasteiger partial charge in [-0.25, -0.2) is 0 Å². The Balaban J connectivity index is 2.32. The van der Waals surface area contributed by atoms with Crippen LogP contribution < -0.4 is 5.84 Å². The minimum atomic E-state index is 0.770. The lowest BCUT2D eigenvalue weighted by Crippen LogP contribution is -2.04. The molecule has 1 aromatic heterocycles. The fraction of sp³-hybridized carbons (Fsp3) is 0.231. The van der Waals surface area contributed by atoms with Gasteiger partial charge in [-0.1, -0.05) is 30.3 Å². The molecule has 0 unspecified atom stereocenters. The fourth-order valence-corrected chi connectivity index (χ4v) is 1.88. The Hall–Kier alpha value is -2.10. The fourth-order valence-electron chi connectivity index (χ4n) is 1.88. The van der Waals surface area contributed by atoms with Crippen LogP contribution in [-0.4, -0.2) is 16.0 Å². The van der Waals surface area contributed by atoms with Gasteiger partial charge < -0.3 is 5.84 Å². The molecule has 2 rings (SSSR count). The Morgan fingerprint density at radius 2 is 2.00 bits per heavy atom. The van der Waals surface area contributed by atoms with E-state index in [1.54, 1.807) is 6.21 Å². The molecular weight excluding hydrogens is 212 g/mol. The number of hydrogen-bond donors (Lipinski definition) is 1.